The number of amides is 1. The number of carbonyl (C=O) groups excluding carboxylic acids is 1. The molecule has 0 radical (unpaired) electrons. The summed E-state index contributed by atoms with van der Waals surface area (Å²) in [7, 11) is 0. The van der Waals surface area contributed by atoms with Gasteiger partial charge in [0.05, 0.1) is 10.6 Å². The van der Waals surface area contributed by atoms with Crippen molar-refractivity contribution in [3.05, 3.63) is 64.6 Å². The fourth-order valence-corrected chi connectivity index (χ4v) is 3.41. The van der Waals surface area contributed by atoms with Crippen LogP contribution in [-0.4, -0.2) is 15.3 Å². The predicted octanol–water partition coefficient (Wildman–Crippen LogP) is 4.11. The molecule has 1 amide bonds. The van der Waals surface area contributed by atoms with Gasteiger partial charge in [0.2, 0.25) is 0 Å². The Hall–Kier alpha value is -2.11. The number of benzene rings is 2. The zero-order valence-electron chi connectivity index (χ0n) is 11.8. The molecular formula is C17H13NO2S2. The summed E-state index contributed by atoms with van der Waals surface area (Å²) in [6.07, 6.45) is 1.78. The zero-order chi connectivity index (χ0) is 15.7. The second-order valence-electron chi connectivity index (χ2n) is 4.94. The Labute approximate surface area is 138 Å². The number of rotatable bonds is 2. The molecule has 1 aliphatic rings. The number of thioether (sulfide) groups is 1. The minimum atomic E-state index is -0.119. The molecule has 1 N–H and O–H groups in total. The molecule has 1 saturated heterocycles. The van der Waals surface area contributed by atoms with E-state index in [0.29, 0.717) is 9.23 Å². The van der Waals surface area contributed by atoms with Crippen LogP contribution in [-0.2, 0) is 4.79 Å². The summed E-state index contributed by atoms with van der Waals surface area (Å²) < 4.78 is 0.527. The highest BCUT2D eigenvalue weighted by Crippen LogP contribution is 2.36. The first kappa shape index (κ1) is 14.8. The van der Waals surface area contributed by atoms with Crippen molar-refractivity contribution in [1.82, 2.24) is 0 Å². The Kier molecular flexibility index (Phi) is 4.00. The molecule has 110 valence electrons. The Morgan fingerprint density at radius 1 is 1.09 bits per heavy atom. The minimum absolute atomic E-state index is 0.119. The number of hydrogen-bond donors (Lipinski definition) is 1. The second kappa shape index (κ2) is 5.94. The second-order valence-corrected chi connectivity index (χ2v) is 6.62. The number of hydrogen-bond acceptors (Lipinski definition) is 4. The lowest BCUT2D eigenvalue weighted by Gasteiger charge is -2.14. The molecule has 0 aromatic heterocycles. The molecule has 2 aromatic carbocycles. The van der Waals surface area contributed by atoms with Gasteiger partial charge in [0.1, 0.15) is 5.75 Å². The number of aromatic hydroxyl groups is 1. The Bertz CT molecular complexity index is 764. The van der Waals surface area contributed by atoms with Crippen LogP contribution >= 0.6 is 24.0 Å². The SMILES string of the molecule is Cc1ccc(N2C(=O)/C(=C/c3ccc(O)cc3)SC2=S)cc1. The van der Waals surface area contributed by atoms with Crippen molar-refractivity contribution in [1.29, 1.82) is 0 Å². The molecule has 0 saturated carbocycles. The van der Waals surface area contributed by atoms with Crippen molar-refractivity contribution in [3.8, 4) is 5.75 Å². The monoisotopic (exact) mass is 327 g/mol. The van der Waals surface area contributed by atoms with Crippen LogP contribution in [0.15, 0.2) is 53.4 Å². The number of aryl methyl sites for hydroxylation is 1. The fourth-order valence-electron chi connectivity index (χ4n) is 2.11. The van der Waals surface area contributed by atoms with Crippen LogP contribution in [0, 0.1) is 6.92 Å². The van der Waals surface area contributed by atoms with Gasteiger partial charge < -0.3 is 5.11 Å². The third kappa shape index (κ3) is 2.91. The van der Waals surface area contributed by atoms with Gasteiger partial charge in [-0.2, -0.15) is 0 Å². The summed E-state index contributed by atoms with van der Waals surface area (Å²) >= 11 is 6.62. The molecule has 0 unspecified atom stereocenters. The van der Waals surface area contributed by atoms with Crippen LogP contribution in [0.4, 0.5) is 5.69 Å². The van der Waals surface area contributed by atoms with E-state index in [-0.39, 0.29) is 11.7 Å². The van der Waals surface area contributed by atoms with E-state index in [1.54, 1.807) is 35.2 Å². The van der Waals surface area contributed by atoms with E-state index in [9.17, 15) is 9.90 Å². The first-order chi connectivity index (χ1) is 10.5. The summed E-state index contributed by atoms with van der Waals surface area (Å²) in [4.78, 5) is 14.7. The normalized spacial score (nSPS) is 16.6. The van der Waals surface area contributed by atoms with Crippen molar-refractivity contribution in [2.75, 3.05) is 4.90 Å². The summed E-state index contributed by atoms with van der Waals surface area (Å²) in [5, 5.41) is 9.30. The van der Waals surface area contributed by atoms with E-state index >= 15 is 0 Å². The Balaban J connectivity index is 1.91. The van der Waals surface area contributed by atoms with Gasteiger partial charge in [0.25, 0.3) is 5.91 Å². The van der Waals surface area contributed by atoms with E-state index in [4.69, 9.17) is 12.2 Å². The average Bonchev–Trinajstić information content (AvgIpc) is 2.77. The maximum Gasteiger partial charge on any atom is 0.270 e. The van der Waals surface area contributed by atoms with E-state index in [1.807, 2.05) is 31.2 Å². The van der Waals surface area contributed by atoms with Gasteiger partial charge in [-0.3, -0.25) is 9.69 Å². The highest BCUT2D eigenvalue weighted by molar-refractivity contribution is 8.27. The maximum absolute atomic E-state index is 12.6. The minimum Gasteiger partial charge on any atom is -0.508 e. The van der Waals surface area contributed by atoms with Crippen molar-refractivity contribution >= 4 is 46.0 Å². The van der Waals surface area contributed by atoms with Crippen LogP contribution in [0.5, 0.6) is 5.75 Å². The van der Waals surface area contributed by atoms with Crippen LogP contribution in [0.1, 0.15) is 11.1 Å². The molecule has 2 aromatic rings. The van der Waals surface area contributed by atoms with Crippen molar-refractivity contribution in [2.45, 2.75) is 6.92 Å². The molecule has 0 aliphatic carbocycles. The number of phenolic OH excluding ortho intramolecular Hbond substituents is 1. The molecule has 1 fully saturated rings. The van der Waals surface area contributed by atoms with E-state index in [1.165, 1.54) is 11.8 Å². The average molecular weight is 327 g/mol. The summed E-state index contributed by atoms with van der Waals surface area (Å²) in [6, 6.07) is 14.4. The van der Waals surface area contributed by atoms with Crippen molar-refractivity contribution in [2.24, 2.45) is 0 Å². The van der Waals surface area contributed by atoms with Crippen LogP contribution < -0.4 is 4.90 Å². The topological polar surface area (TPSA) is 40.5 Å². The summed E-state index contributed by atoms with van der Waals surface area (Å²) in [6.45, 7) is 2.00. The molecule has 1 aliphatic heterocycles. The van der Waals surface area contributed by atoms with Gasteiger partial charge in [0.15, 0.2) is 4.32 Å². The maximum atomic E-state index is 12.6. The zero-order valence-corrected chi connectivity index (χ0v) is 13.4. The Morgan fingerprint density at radius 2 is 1.73 bits per heavy atom. The van der Waals surface area contributed by atoms with Crippen LogP contribution in [0.2, 0.25) is 0 Å². The molecule has 22 heavy (non-hydrogen) atoms. The van der Waals surface area contributed by atoms with Gasteiger partial charge in [-0.25, -0.2) is 0 Å². The largest absolute Gasteiger partial charge is 0.508 e. The number of anilines is 1. The summed E-state index contributed by atoms with van der Waals surface area (Å²) in [5.41, 5.74) is 2.76. The smallest absolute Gasteiger partial charge is 0.270 e. The van der Waals surface area contributed by atoms with Crippen LogP contribution in [0.25, 0.3) is 6.08 Å². The van der Waals surface area contributed by atoms with E-state index in [2.05, 4.69) is 0 Å². The van der Waals surface area contributed by atoms with Gasteiger partial charge in [-0.15, -0.1) is 0 Å². The van der Waals surface area contributed by atoms with E-state index in [0.717, 1.165) is 16.8 Å². The molecule has 1 heterocycles. The first-order valence-corrected chi connectivity index (χ1v) is 7.91. The fraction of sp³-hybridized carbons (Fsp3) is 0.0588. The standard InChI is InChI=1S/C17H13NO2S2/c1-11-2-6-13(7-3-11)18-16(20)15(22-17(18)21)10-12-4-8-14(19)9-5-12/h2-10,19H,1H3/b15-10-. The Morgan fingerprint density at radius 3 is 2.36 bits per heavy atom. The lowest BCUT2D eigenvalue weighted by atomic mass is 10.2. The number of nitrogens with zero attached hydrogens (tertiary/aromatic N) is 1. The number of phenols is 1. The van der Waals surface area contributed by atoms with Gasteiger partial charge in [-0.05, 0) is 42.8 Å². The van der Waals surface area contributed by atoms with Crippen molar-refractivity contribution < 1.29 is 9.90 Å². The first-order valence-electron chi connectivity index (χ1n) is 6.68. The third-order valence-corrected chi connectivity index (χ3v) is 4.58. The molecule has 5 heteroatoms. The van der Waals surface area contributed by atoms with Crippen LogP contribution in [0.3, 0.4) is 0 Å². The lowest BCUT2D eigenvalue weighted by Crippen LogP contribution is -2.27. The van der Waals surface area contributed by atoms with E-state index < -0.39 is 0 Å². The quantitative estimate of drug-likeness (QED) is 0.666. The molecule has 0 bridgehead atoms. The van der Waals surface area contributed by atoms with Gasteiger partial charge >= 0.3 is 0 Å². The molecule has 0 spiro atoms. The third-order valence-electron chi connectivity index (χ3n) is 3.28. The highest BCUT2D eigenvalue weighted by atomic mass is 32.2. The van der Waals surface area contributed by atoms with Crippen molar-refractivity contribution in [3.63, 3.8) is 0 Å². The molecular weight excluding hydrogens is 314 g/mol. The summed E-state index contributed by atoms with van der Waals surface area (Å²) in [5.74, 6) is 0.0799. The predicted molar refractivity (Wildman–Crippen MR) is 94.9 cm³/mol. The molecule has 3 rings (SSSR count). The number of carbonyl (C=O) groups is 1. The van der Waals surface area contributed by atoms with Gasteiger partial charge in [0, 0.05) is 0 Å². The highest BCUT2D eigenvalue weighted by Gasteiger charge is 2.33. The lowest BCUT2D eigenvalue weighted by molar-refractivity contribution is -0.113. The van der Waals surface area contributed by atoms with Gasteiger partial charge in [-0.1, -0.05) is 53.8 Å². The molecule has 3 nitrogen and oxygen atoms in total. The number of thiocarbonyl (C=S) groups is 1. The molecule has 0 atom stereocenters.